The Morgan fingerprint density at radius 1 is 1.14 bits per heavy atom. The fraction of sp³-hybridized carbons (Fsp3) is 0.130. The van der Waals surface area contributed by atoms with Crippen molar-refractivity contribution < 1.29 is 27.2 Å². The number of amidine groups is 1. The molecule has 13 heteroatoms. The molecular formula is C23H20FN5O5S2. The molecular weight excluding hydrogens is 509 g/mol. The topological polar surface area (TPSA) is 151 Å². The molecule has 3 aromatic rings. The third-order valence-corrected chi connectivity index (χ3v) is 8.14. The number of thiophene rings is 1. The molecule has 36 heavy (non-hydrogen) atoms. The summed E-state index contributed by atoms with van der Waals surface area (Å²) in [5.74, 6) is -2.08. The van der Waals surface area contributed by atoms with Gasteiger partial charge in [0.1, 0.15) is 15.9 Å². The van der Waals surface area contributed by atoms with Crippen molar-refractivity contribution in [1.29, 1.82) is 0 Å². The lowest BCUT2D eigenvalue weighted by atomic mass is 9.95. The number of halogens is 1. The molecule has 0 saturated carbocycles. The van der Waals surface area contributed by atoms with E-state index in [0.29, 0.717) is 11.1 Å². The highest BCUT2D eigenvalue weighted by Gasteiger charge is 2.34. The highest BCUT2D eigenvalue weighted by Crippen LogP contribution is 2.30. The molecule has 0 radical (unpaired) electrons. The van der Waals surface area contributed by atoms with E-state index in [0.717, 1.165) is 33.2 Å². The highest BCUT2D eigenvalue weighted by atomic mass is 32.2. The summed E-state index contributed by atoms with van der Waals surface area (Å²) in [6, 6.07) is 9.82. The maximum atomic E-state index is 15.0. The molecule has 10 nitrogen and oxygen atoms in total. The number of fused-ring (bicyclic) bond motifs is 1. The lowest BCUT2D eigenvalue weighted by molar-refractivity contribution is -0.117. The molecule has 2 heterocycles. The van der Waals surface area contributed by atoms with Gasteiger partial charge >= 0.3 is 6.03 Å². The summed E-state index contributed by atoms with van der Waals surface area (Å²) in [5.41, 5.74) is 6.64. The van der Waals surface area contributed by atoms with E-state index in [9.17, 15) is 27.2 Å². The SMILES string of the molecule is CN=C(N)c1ccc2c(c1)CC(=O)N(c1ccc(NC(=O)NS(=O)(=O)c3ccc(C)s3)cc1F)C2=O. The van der Waals surface area contributed by atoms with E-state index < -0.39 is 33.7 Å². The summed E-state index contributed by atoms with van der Waals surface area (Å²) in [6.45, 7) is 1.72. The second-order valence-electron chi connectivity index (χ2n) is 7.78. The first-order chi connectivity index (χ1) is 17.0. The average Bonchev–Trinajstić information content (AvgIpc) is 3.26. The van der Waals surface area contributed by atoms with Gasteiger partial charge in [-0.1, -0.05) is 6.07 Å². The minimum Gasteiger partial charge on any atom is -0.384 e. The summed E-state index contributed by atoms with van der Waals surface area (Å²) >= 11 is 0.990. The Bertz CT molecular complexity index is 1550. The molecule has 186 valence electrons. The van der Waals surface area contributed by atoms with Crippen molar-refractivity contribution in [2.45, 2.75) is 17.6 Å². The molecule has 0 spiro atoms. The van der Waals surface area contributed by atoms with Crippen LogP contribution in [0.3, 0.4) is 0 Å². The van der Waals surface area contributed by atoms with Crippen LogP contribution in [0.15, 0.2) is 57.7 Å². The number of sulfonamides is 1. The Hall–Kier alpha value is -4.10. The maximum Gasteiger partial charge on any atom is 0.333 e. The number of amides is 4. The molecule has 0 aliphatic carbocycles. The van der Waals surface area contributed by atoms with Crippen molar-refractivity contribution in [3.8, 4) is 0 Å². The zero-order valence-electron chi connectivity index (χ0n) is 19.0. The average molecular weight is 530 g/mol. The number of nitrogens with zero attached hydrogens (tertiary/aromatic N) is 2. The molecule has 2 aromatic carbocycles. The van der Waals surface area contributed by atoms with Crippen LogP contribution < -0.4 is 20.7 Å². The number of anilines is 2. The molecule has 0 saturated heterocycles. The minimum absolute atomic E-state index is 0.0455. The number of imide groups is 1. The number of nitrogens with two attached hydrogens (primary N) is 1. The molecule has 4 N–H and O–H groups in total. The molecule has 0 fully saturated rings. The fourth-order valence-electron chi connectivity index (χ4n) is 3.61. The van der Waals surface area contributed by atoms with Gasteiger partial charge in [-0.05, 0) is 55.0 Å². The Morgan fingerprint density at radius 2 is 1.89 bits per heavy atom. The number of aryl methyl sites for hydroxylation is 1. The summed E-state index contributed by atoms with van der Waals surface area (Å²) in [5, 5.41) is 2.23. The van der Waals surface area contributed by atoms with E-state index in [2.05, 4.69) is 10.3 Å². The summed E-state index contributed by atoms with van der Waals surface area (Å²) in [7, 11) is -2.58. The standard InChI is InChI=1S/C23H20FN5O5S2/c1-12-3-8-20(35-12)36(33,34)28-23(32)27-15-5-7-18(17(24)11-15)29-19(30)10-14-9-13(21(25)26-2)4-6-16(14)22(29)31/h3-9,11H,10H2,1-2H3,(H2,25,26)(H2,27,28,32). The van der Waals surface area contributed by atoms with Crippen LogP contribution in [0.4, 0.5) is 20.6 Å². The monoisotopic (exact) mass is 529 g/mol. The number of carbonyl (C=O) groups excluding carboxylic acids is 3. The van der Waals surface area contributed by atoms with Gasteiger partial charge in [0.05, 0.1) is 12.1 Å². The Morgan fingerprint density at radius 3 is 2.53 bits per heavy atom. The van der Waals surface area contributed by atoms with Crippen molar-refractivity contribution >= 4 is 56.4 Å². The largest absolute Gasteiger partial charge is 0.384 e. The van der Waals surface area contributed by atoms with Gasteiger partial charge < -0.3 is 11.1 Å². The number of hydrogen-bond acceptors (Lipinski definition) is 7. The zero-order valence-corrected chi connectivity index (χ0v) is 20.7. The fourth-order valence-corrected chi connectivity index (χ4v) is 5.80. The lowest BCUT2D eigenvalue weighted by Crippen LogP contribution is -2.43. The van der Waals surface area contributed by atoms with Crippen LogP contribution >= 0.6 is 11.3 Å². The van der Waals surface area contributed by atoms with E-state index >= 15 is 0 Å². The van der Waals surface area contributed by atoms with Gasteiger partial charge in [0.25, 0.3) is 15.9 Å². The lowest BCUT2D eigenvalue weighted by Gasteiger charge is -2.27. The van der Waals surface area contributed by atoms with Crippen LogP contribution in [0.5, 0.6) is 0 Å². The van der Waals surface area contributed by atoms with Crippen LogP contribution in [-0.2, 0) is 21.2 Å². The molecule has 1 aliphatic rings. The second-order valence-corrected chi connectivity index (χ2v) is 11.0. The van der Waals surface area contributed by atoms with Gasteiger partial charge in [-0.15, -0.1) is 11.3 Å². The molecule has 1 aliphatic heterocycles. The van der Waals surface area contributed by atoms with E-state index in [1.165, 1.54) is 25.2 Å². The molecule has 0 atom stereocenters. The van der Waals surface area contributed by atoms with Gasteiger partial charge in [0.15, 0.2) is 0 Å². The van der Waals surface area contributed by atoms with E-state index in [-0.39, 0.29) is 33.4 Å². The van der Waals surface area contributed by atoms with Crippen LogP contribution in [0.2, 0.25) is 0 Å². The minimum atomic E-state index is -4.10. The van der Waals surface area contributed by atoms with Crippen LogP contribution in [0.1, 0.15) is 26.4 Å². The highest BCUT2D eigenvalue weighted by molar-refractivity contribution is 7.92. The van der Waals surface area contributed by atoms with Gasteiger partial charge in [-0.25, -0.2) is 27.2 Å². The molecule has 4 amide bonds. The number of aliphatic imine (C=N–C) groups is 1. The first kappa shape index (κ1) is 25.0. The van der Waals surface area contributed by atoms with Crippen molar-refractivity contribution in [2.75, 3.05) is 17.3 Å². The second kappa shape index (κ2) is 9.51. The van der Waals surface area contributed by atoms with Gasteiger partial charge in [-0.2, -0.15) is 0 Å². The van der Waals surface area contributed by atoms with Crippen LogP contribution in [-0.4, -0.2) is 39.1 Å². The third-order valence-electron chi connectivity index (χ3n) is 5.32. The van der Waals surface area contributed by atoms with E-state index in [1.807, 2.05) is 4.72 Å². The normalized spacial score (nSPS) is 14.0. The van der Waals surface area contributed by atoms with Crippen molar-refractivity contribution in [3.63, 3.8) is 0 Å². The molecule has 0 unspecified atom stereocenters. The van der Waals surface area contributed by atoms with Gasteiger partial charge in [-0.3, -0.25) is 14.6 Å². The van der Waals surface area contributed by atoms with Crippen LogP contribution in [0.25, 0.3) is 0 Å². The molecule has 1 aromatic heterocycles. The van der Waals surface area contributed by atoms with E-state index in [1.54, 1.807) is 25.1 Å². The van der Waals surface area contributed by atoms with Crippen molar-refractivity contribution in [2.24, 2.45) is 10.7 Å². The predicted octanol–water partition coefficient (Wildman–Crippen LogP) is 2.77. The summed E-state index contributed by atoms with van der Waals surface area (Å²) < 4.78 is 41.3. The Labute approximate surface area is 209 Å². The summed E-state index contributed by atoms with van der Waals surface area (Å²) in [6.07, 6.45) is -0.159. The predicted molar refractivity (Wildman–Crippen MR) is 133 cm³/mol. The summed E-state index contributed by atoms with van der Waals surface area (Å²) in [4.78, 5) is 43.3. The number of hydrogen-bond donors (Lipinski definition) is 3. The number of urea groups is 1. The zero-order chi connectivity index (χ0) is 26.2. The smallest absolute Gasteiger partial charge is 0.333 e. The quantitative estimate of drug-likeness (QED) is 0.263. The Balaban J connectivity index is 1.53. The first-order valence-corrected chi connectivity index (χ1v) is 12.7. The van der Waals surface area contributed by atoms with Gasteiger partial charge in [0, 0.05) is 28.7 Å². The van der Waals surface area contributed by atoms with Gasteiger partial charge in [0.2, 0.25) is 5.91 Å². The maximum absolute atomic E-state index is 15.0. The number of benzene rings is 2. The van der Waals surface area contributed by atoms with E-state index in [4.69, 9.17) is 5.73 Å². The number of rotatable bonds is 5. The first-order valence-electron chi connectivity index (χ1n) is 10.4. The Kier molecular flexibility index (Phi) is 6.61. The van der Waals surface area contributed by atoms with Crippen molar-refractivity contribution in [1.82, 2.24) is 4.72 Å². The number of carbonyl (C=O) groups is 3. The molecule has 0 bridgehead atoms. The third kappa shape index (κ3) is 4.83. The van der Waals surface area contributed by atoms with Crippen molar-refractivity contribution in [3.05, 3.63) is 75.9 Å². The molecule has 4 rings (SSSR count). The number of nitrogens with one attached hydrogen (secondary N) is 2. The van der Waals surface area contributed by atoms with Crippen LogP contribution in [0, 0.1) is 12.7 Å².